The fourth-order valence-electron chi connectivity index (χ4n) is 4.13. The van der Waals surface area contributed by atoms with Crippen molar-refractivity contribution in [2.24, 2.45) is 11.7 Å². The first kappa shape index (κ1) is 23.2. The molecular formula is C24H34N4O3. The minimum absolute atomic E-state index is 0.134. The van der Waals surface area contributed by atoms with Crippen LogP contribution in [-0.4, -0.2) is 47.1 Å². The zero-order chi connectivity index (χ0) is 22.4. The smallest absolute Gasteiger partial charge is 0.252 e. The zero-order valence-corrected chi connectivity index (χ0v) is 19.1. The van der Waals surface area contributed by atoms with Gasteiger partial charge in [0.2, 0.25) is 0 Å². The lowest BCUT2D eigenvalue weighted by Crippen LogP contribution is -2.34. The molecule has 2 heterocycles. The van der Waals surface area contributed by atoms with E-state index in [9.17, 15) is 4.79 Å². The van der Waals surface area contributed by atoms with Crippen LogP contribution < -0.4 is 10.5 Å². The van der Waals surface area contributed by atoms with E-state index in [0.29, 0.717) is 23.9 Å². The van der Waals surface area contributed by atoms with Crippen LogP contribution in [0.3, 0.4) is 0 Å². The van der Waals surface area contributed by atoms with Gasteiger partial charge in [-0.15, -0.1) is 0 Å². The molecule has 1 aromatic heterocycles. The standard InChI is InChI=1S/C24H34N4O3/c1-16(2)31-23-6-5-19(11-20(23)15-30-4)14-28-9-7-18(8-10-28)12-22-21(24(25)29)13-26-17(3)27-22/h5-6,11,13,16,18H,7-10,12,14-15H2,1-4H3,(H2,25,29). The Labute approximate surface area is 185 Å². The normalized spacial score (nSPS) is 15.4. The van der Waals surface area contributed by atoms with Gasteiger partial charge in [0, 0.05) is 25.4 Å². The Balaban J connectivity index is 1.59. The summed E-state index contributed by atoms with van der Waals surface area (Å²) in [6, 6.07) is 6.39. The van der Waals surface area contributed by atoms with Crippen LogP contribution >= 0.6 is 0 Å². The van der Waals surface area contributed by atoms with Crippen LogP contribution in [0, 0.1) is 12.8 Å². The van der Waals surface area contributed by atoms with Gasteiger partial charge in [0.1, 0.15) is 11.6 Å². The number of aryl methyl sites for hydroxylation is 1. The maximum atomic E-state index is 11.7. The highest BCUT2D eigenvalue weighted by atomic mass is 16.5. The minimum atomic E-state index is -0.454. The van der Waals surface area contributed by atoms with Crippen molar-refractivity contribution in [1.82, 2.24) is 14.9 Å². The van der Waals surface area contributed by atoms with E-state index in [1.54, 1.807) is 13.3 Å². The monoisotopic (exact) mass is 426 g/mol. The van der Waals surface area contributed by atoms with Crippen LogP contribution in [0.4, 0.5) is 0 Å². The maximum absolute atomic E-state index is 11.7. The summed E-state index contributed by atoms with van der Waals surface area (Å²) in [5.41, 5.74) is 9.08. The third-order valence-corrected chi connectivity index (χ3v) is 5.64. The first-order valence-corrected chi connectivity index (χ1v) is 11.0. The van der Waals surface area contributed by atoms with Crippen molar-refractivity contribution in [3.8, 4) is 5.75 Å². The molecule has 1 saturated heterocycles. The molecule has 0 unspecified atom stereocenters. The molecule has 0 spiro atoms. The summed E-state index contributed by atoms with van der Waals surface area (Å²) in [6.45, 7) is 9.39. The minimum Gasteiger partial charge on any atom is -0.491 e. The summed E-state index contributed by atoms with van der Waals surface area (Å²) in [5, 5.41) is 0. The molecule has 0 atom stereocenters. The van der Waals surface area contributed by atoms with E-state index in [1.807, 2.05) is 20.8 Å². The van der Waals surface area contributed by atoms with Crippen molar-refractivity contribution in [2.45, 2.75) is 59.3 Å². The molecule has 1 aromatic carbocycles. The summed E-state index contributed by atoms with van der Waals surface area (Å²) in [5.74, 6) is 1.61. The largest absolute Gasteiger partial charge is 0.491 e. The maximum Gasteiger partial charge on any atom is 0.252 e. The van der Waals surface area contributed by atoms with Crippen LogP contribution in [-0.2, 0) is 24.3 Å². The Bertz CT molecular complexity index is 892. The predicted octanol–water partition coefficient (Wildman–Crippen LogP) is 3.27. The molecule has 1 fully saturated rings. The number of likely N-dealkylation sites (tertiary alicyclic amines) is 1. The fraction of sp³-hybridized carbons (Fsp3) is 0.542. The molecule has 2 aromatic rings. The van der Waals surface area contributed by atoms with E-state index in [1.165, 1.54) is 5.56 Å². The van der Waals surface area contributed by atoms with Crippen LogP contribution in [0.2, 0.25) is 0 Å². The molecule has 1 amide bonds. The fourth-order valence-corrected chi connectivity index (χ4v) is 4.13. The van der Waals surface area contributed by atoms with Gasteiger partial charge >= 0.3 is 0 Å². The van der Waals surface area contributed by atoms with Gasteiger partial charge in [0.05, 0.1) is 24.0 Å². The quantitative estimate of drug-likeness (QED) is 0.662. The van der Waals surface area contributed by atoms with Crippen LogP contribution in [0.25, 0.3) is 0 Å². The highest BCUT2D eigenvalue weighted by molar-refractivity contribution is 5.93. The predicted molar refractivity (Wildman–Crippen MR) is 120 cm³/mol. The average molecular weight is 427 g/mol. The van der Waals surface area contributed by atoms with Crippen molar-refractivity contribution in [2.75, 3.05) is 20.2 Å². The highest BCUT2D eigenvalue weighted by Crippen LogP contribution is 2.26. The lowest BCUT2D eigenvalue weighted by Gasteiger charge is -2.32. The summed E-state index contributed by atoms with van der Waals surface area (Å²) in [4.78, 5) is 22.8. The van der Waals surface area contributed by atoms with E-state index in [-0.39, 0.29) is 6.10 Å². The highest BCUT2D eigenvalue weighted by Gasteiger charge is 2.22. The molecule has 0 aliphatic carbocycles. The third-order valence-electron chi connectivity index (χ3n) is 5.64. The molecule has 7 heteroatoms. The second-order valence-corrected chi connectivity index (χ2v) is 8.61. The van der Waals surface area contributed by atoms with Gasteiger partial charge in [0.25, 0.3) is 5.91 Å². The topological polar surface area (TPSA) is 90.6 Å². The first-order valence-electron chi connectivity index (χ1n) is 11.0. The Morgan fingerprint density at radius 3 is 2.68 bits per heavy atom. The van der Waals surface area contributed by atoms with Crippen LogP contribution in [0.15, 0.2) is 24.4 Å². The molecule has 168 valence electrons. The molecule has 2 N–H and O–H groups in total. The molecule has 1 aliphatic rings. The number of nitrogens with zero attached hydrogens (tertiary/aromatic N) is 3. The Hall–Kier alpha value is -2.51. The van der Waals surface area contributed by atoms with Gasteiger partial charge in [-0.05, 0) is 76.7 Å². The third kappa shape index (κ3) is 6.48. The van der Waals surface area contributed by atoms with Crippen molar-refractivity contribution in [1.29, 1.82) is 0 Å². The molecule has 0 saturated carbocycles. The number of amides is 1. The molecule has 31 heavy (non-hydrogen) atoms. The van der Waals surface area contributed by atoms with Crippen molar-refractivity contribution < 1.29 is 14.3 Å². The van der Waals surface area contributed by atoms with E-state index < -0.39 is 5.91 Å². The van der Waals surface area contributed by atoms with Gasteiger partial charge in [-0.1, -0.05) is 6.07 Å². The Kier molecular flexibility index (Phi) is 7.98. The Morgan fingerprint density at radius 2 is 2.03 bits per heavy atom. The van der Waals surface area contributed by atoms with Crippen molar-refractivity contribution >= 4 is 5.91 Å². The number of primary amides is 1. The van der Waals surface area contributed by atoms with E-state index >= 15 is 0 Å². The van der Waals surface area contributed by atoms with Crippen LogP contribution in [0.1, 0.15) is 59.7 Å². The first-order chi connectivity index (χ1) is 14.9. The molecule has 3 rings (SSSR count). The molecular weight excluding hydrogens is 392 g/mol. The lowest BCUT2D eigenvalue weighted by atomic mass is 9.90. The molecule has 0 bridgehead atoms. The lowest BCUT2D eigenvalue weighted by molar-refractivity contribution is 0.0997. The number of aromatic nitrogens is 2. The number of nitrogens with two attached hydrogens (primary N) is 1. The number of hydrogen-bond acceptors (Lipinski definition) is 6. The number of hydrogen-bond donors (Lipinski definition) is 1. The average Bonchev–Trinajstić information content (AvgIpc) is 2.71. The Morgan fingerprint density at radius 1 is 1.29 bits per heavy atom. The number of piperidine rings is 1. The summed E-state index contributed by atoms with van der Waals surface area (Å²) < 4.78 is 11.3. The summed E-state index contributed by atoms with van der Waals surface area (Å²) in [7, 11) is 1.71. The second-order valence-electron chi connectivity index (χ2n) is 8.61. The zero-order valence-electron chi connectivity index (χ0n) is 19.1. The van der Waals surface area contributed by atoms with Gasteiger partial charge in [-0.25, -0.2) is 9.97 Å². The van der Waals surface area contributed by atoms with Gasteiger partial charge in [-0.2, -0.15) is 0 Å². The van der Waals surface area contributed by atoms with Crippen molar-refractivity contribution in [3.05, 3.63) is 52.6 Å². The van der Waals surface area contributed by atoms with E-state index in [0.717, 1.165) is 55.9 Å². The number of benzene rings is 1. The summed E-state index contributed by atoms with van der Waals surface area (Å²) in [6.07, 6.45) is 4.60. The number of rotatable bonds is 9. The second kappa shape index (κ2) is 10.7. The molecule has 7 nitrogen and oxygen atoms in total. The summed E-state index contributed by atoms with van der Waals surface area (Å²) >= 11 is 0. The van der Waals surface area contributed by atoms with Gasteiger partial charge in [0.15, 0.2) is 0 Å². The molecule has 0 radical (unpaired) electrons. The molecule has 1 aliphatic heterocycles. The SMILES string of the molecule is COCc1cc(CN2CCC(Cc3nc(C)ncc3C(N)=O)CC2)ccc1OC(C)C. The van der Waals surface area contributed by atoms with Crippen LogP contribution in [0.5, 0.6) is 5.75 Å². The number of carbonyl (C=O) groups is 1. The number of carbonyl (C=O) groups excluding carboxylic acids is 1. The van der Waals surface area contributed by atoms with Gasteiger partial charge < -0.3 is 15.2 Å². The van der Waals surface area contributed by atoms with Gasteiger partial charge in [-0.3, -0.25) is 9.69 Å². The number of ether oxygens (including phenoxy) is 2. The van der Waals surface area contributed by atoms with E-state index in [4.69, 9.17) is 15.2 Å². The van der Waals surface area contributed by atoms with Crippen molar-refractivity contribution in [3.63, 3.8) is 0 Å². The van der Waals surface area contributed by atoms with E-state index in [2.05, 4.69) is 33.1 Å². The number of methoxy groups -OCH3 is 1.